The molecule has 1 aromatic heterocycles. The number of halogens is 1. The summed E-state index contributed by atoms with van der Waals surface area (Å²) in [5.74, 6) is 2.47. The van der Waals surface area contributed by atoms with Crippen molar-refractivity contribution in [2.75, 3.05) is 14.2 Å². The van der Waals surface area contributed by atoms with Crippen LogP contribution in [0.4, 0.5) is 0 Å². The number of nitrogens with zero attached hydrogens (tertiary/aromatic N) is 2. The first-order valence-corrected chi connectivity index (χ1v) is 13.7. The van der Waals surface area contributed by atoms with Crippen LogP contribution in [0.5, 0.6) is 11.5 Å². The Balaban J connectivity index is 1.66. The fraction of sp³-hybridized carbons (Fsp3) is 0.517. The zero-order valence-corrected chi connectivity index (χ0v) is 22.0. The number of hydrogen-bond acceptors (Lipinski definition) is 4. The number of fused-ring (bicyclic) bond motifs is 1. The molecule has 0 bridgehead atoms. The lowest BCUT2D eigenvalue weighted by Crippen LogP contribution is -2.43. The molecule has 2 aliphatic carbocycles. The second-order valence-corrected chi connectivity index (χ2v) is 10.6. The molecule has 0 aliphatic heterocycles. The zero-order chi connectivity index (χ0) is 25.1. The molecule has 1 N–H and O–H groups in total. The van der Waals surface area contributed by atoms with E-state index in [1.807, 2.05) is 36.4 Å². The van der Waals surface area contributed by atoms with Crippen molar-refractivity contribution in [2.45, 2.75) is 76.3 Å². The molecule has 5 rings (SSSR count). The van der Waals surface area contributed by atoms with E-state index < -0.39 is 0 Å². The molecule has 1 unspecified atom stereocenters. The molecule has 0 radical (unpaired) electrons. The zero-order valence-electron chi connectivity index (χ0n) is 21.3. The summed E-state index contributed by atoms with van der Waals surface area (Å²) in [7, 11) is 3.28. The fourth-order valence-corrected chi connectivity index (χ4v) is 6.27. The minimum atomic E-state index is -0.347. The van der Waals surface area contributed by atoms with Crippen LogP contribution in [0.25, 0.3) is 22.4 Å². The molecule has 2 aromatic carbocycles. The van der Waals surface area contributed by atoms with Gasteiger partial charge in [-0.15, -0.1) is 0 Å². The number of imidazole rings is 1. The maximum atomic E-state index is 14.1. The van der Waals surface area contributed by atoms with E-state index in [4.69, 9.17) is 26.1 Å². The Morgan fingerprint density at radius 3 is 2.36 bits per heavy atom. The van der Waals surface area contributed by atoms with Crippen molar-refractivity contribution in [3.63, 3.8) is 0 Å². The first kappa shape index (κ1) is 24.9. The average Bonchev–Trinajstić information content (AvgIpc) is 3.28. The number of amides is 1. The van der Waals surface area contributed by atoms with Crippen LogP contribution in [0.3, 0.4) is 0 Å². The van der Waals surface area contributed by atoms with Crippen LogP contribution in [-0.2, 0) is 4.79 Å². The molecular formula is C29H36ClN3O3. The Morgan fingerprint density at radius 1 is 0.972 bits per heavy atom. The van der Waals surface area contributed by atoms with Gasteiger partial charge in [-0.3, -0.25) is 4.79 Å². The van der Waals surface area contributed by atoms with Crippen molar-refractivity contribution in [1.29, 1.82) is 0 Å². The summed E-state index contributed by atoms with van der Waals surface area (Å²) in [4.78, 5) is 19.1. The van der Waals surface area contributed by atoms with E-state index in [2.05, 4.69) is 9.88 Å². The topological polar surface area (TPSA) is 65.4 Å². The predicted octanol–water partition coefficient (Wildman–Crippen LogP) is 6.94. The van der Waals surface area contributed by atoms with Crippen LogP contribution >= 0.6 is 11.6 Å². The van der Waals surface area contributed by atoms with E-state index in [-0.39, 0.29) is 23.9 Å². The average molecular weight is 510 g/mol. The summed E-state index contributed by atoms with van der Waals surface area (Å²) in [5.41, 5.74) is 2.61. The van der Waals surface area contributed by atoms with E-state index in [0.29, 0.717) is 10.8 Å². The summed E-state index contributed by atoms with van der Waals surface area (Å²) in [6.07, 6.45) is 11.3. The van der Waals surface area contributed by atoms with Crippen molar-refractivity contribution in [3.05, 3.63) is 41.4 Å². The Hall–Kier alpha value is -2.73. The predicted molar refractivity (Wildman–Crippen MR) is 144 cm³/mol. The number of ether oxygens (including phenoxy) is 2. The molecule has 0 spiro atoms. The van der Waals surface area contributed by atoms with Crippen LogP contribution in [0.1, 0.15) is 70.3 Å². The highest BCUT2D eigenvalue weighted by molar-refractivity contribution is 6.32. The van der Waals surface area contributed by atoms with Gasteiger partial charge in [-0.05, 0) is 61.9 Å². The van der Waals surface area contributed by atoms with Gasteiger partial charge >= 0.3 is 0 Å². The quantitative estimate of drug-likeness (QED) is 0.374. The lowest BCUT2D eigenvalue weighted by Gasteiger charge is -2.33. The number of carbonyl (C=O) groups excluding carboxylic acids is 1. The largest absolute Gasteiger partial charge is 0.497 e. The van der Waals surface area contributed by atoms with Crippen molar-refractivity contribution < 1.29 is 14.3 Å². The Kier molecular flexibility index (Phi) is 7.70. The van der Waals surface area contributed by atoms with E-state index >= 15 is 0 Å². The third-order valence-electron chi connectivity index (χ3n) is 7.90. The smallest absolute Gasteiger partial charge is 0.243 e. The van der Waals surface area contributed by atoms with E-state index in [1.165, 1.54) is 25.7 Å². The Labute approximate surface area is 218 Å². The van der Waals surface area contributed by atoms with Crippen molar-refractivity contribution in [3.8, 4) is 22.9 Å². The minimum Gasteiger partial charge on any atom is -0.497 e. The highest BCUT2D eigenvalue weighted by Gasteiger charge is 2.35. The van der Waals surface area contributed by atoms with Gasteiger partial charge in [-0.1, -0.05) is 50.1 Å². The summed E-state index contributed by atoms with van der Waals surface area (Å²) in [6, 6.07) is 11.5. The van der Waals surface area contributed by atoms with Gasteiger partial charge in [0.15, 0.2) is 0 Å². The summed E-state index contributed by atoms with van der Waals surface area (Å²) < 4.78 is 13.1. The second kappa shape index (κ2) is 11.1. The second-order valence-electron chi connectivity index (χ2n) is 10.2. The van der Waals surface area contributed by atoms with Crippen LogP contribution < -0.4 is 14.8 Å². The van der Waals surface area contributed by atoms with Gasteiger partial charge in [0, 0.05) is 17.7 Å². The standard InChI is InChI=1S/C29H36ClN3O3/c1-35-22-14-15-24-25(18-22)33(28(32-24)20-13-16-26(36-2)23(30)17-20)27(19-9-5-3-6-10-19)29(34)31-21-11-7-4-8-12-21/h13-19,21,27H,3-12H2,1-2H3,(H,31,34). The highest BCUT2D eigenvalue weighted by Crippen LogP contribution is 2.40. The molecule has 2 saturated carbocycles. The summed E-state index contributed by atoms with van der Waals surface area (Å²) in [6.45, 7) is 0. The number of hydrogen-bond donors (Lipinski definition) is 1. The first-order chi connectivity index (χ1) is 17.6. The SMILES string of the molecule is COc1ccc2nc(-c3ccc(OC)c(Cl)c3)n(C(C(=O)NC3CCCCC3)C3CCCCC3)c2c1. The summed E-state index contributed by atoms with van der Waals surface area (Å²) in [5, 5.41) is 3.96. The molecule has 6 nitrogen and oxygen atoms in total. The molecular weight excluding hydrogens is 474 g/mol. The van der Waals surface area contributed by atoms with Crippen LogP contribution in [-0.4, -0.2) is 35.7 Å². The lowest BCUT2D eigenvalue weighted by atomic mass is 9.82. The van der Waals surface area contributed by atoms with Gasteiger partial charge < -0.3 is 19.4 Å². The Morgan fingerprint density at radius 2 is 1.69 bits per heavy atom. The van der Waals surface area contributed by atoms with Crippen molar-refractivity contribution >= 4 is 28.5 Å². The van der Waals surface area contributed by atoms with Gasteiger partial charge in [-0.2, -0.15) is 0 Å². The number of rotatable bonds is 7. The molecule has 2 fully saturated rings. The summed E-state index contributed by atoms with van der Waals surface area (Å²) >= 11 is 6.54. The van der Waals surface area contributed by atoms with Gasteiger partial charge in [0.2, 0.25) is 5.91 Å². The lowest BCUT2D eigenvalue weighted by molar-refractivity contribution is -0.127. The number of carbonyl (C=O) groups is 1. The van der Waals surface area contributed by atoms with Gasteiger partial charge in [0.1, 0.15) is 23.4 Å². The van der Waals surface area contributed by atoms with Crippen molar-refractivity contribution in [2.24, 2.45) is 5.92 Å². The number of methoxy groups -OCH3 is 2. The molecule has 1 heterocycles. The molecule has 0 saturated heterocycles. The van der Waals surface area contributed by atoms with Crippen LogP contribution in [0, 0.1) is 5.92 Å². The normalized spacial score (nSPS) is 18.2. The van der Waals surface area contributed by atoms with E-state index in [9.17, 15) is 4.79 Å². The number of benzene rings is 2. The fourth-order valence-electron chi connectivity index (χ4n) is 6.02. The Bertz CT molecular complexity index is 1210. The van der Waals surface area contributed by atoms with E-state index in [1.54, 1.807) is 14.2 Å². The van der Waals surface area contributed by atoms with Crippen molar-refractivity contribution in [1.82, 2.24) is 14.9 Å². The first-order valence-electron chi connectivity index (χ1n) is 13.3. The molecule has 1 amide bonds. The molecule has 192 valence electrons. The maximum absolute atomic E-state index is 14.1. The van der Waals surface area contributed by atoms with Gasteiger partial charge in [0.25, 0.3) is 0 Å². The van der Waals surface area contributed by atoms with Gasteiger partial charge in [0.05, 0.1) is 30.3 Å². The van der Waals surface area contributed by atoms with E-state index in [0.717, 1.165) is 66.7 Å². The molecule has 1 atom stereocenters. The van der Waals surface area contributed by atoms with Crippen LogP contribution in [0.2, 0.25) is 5.02 Å². The van der Waals surface area contributed by atoms with Crippen LogP contribution in [0.15, 0.2) is 36.4 Å². The molecule has 2 aliphatic rings. The molecule has 7 heteroatoms. The van der Waals surface area contributed by atoms with Gasteiger partial charge in [-0.25, -0.2) is 4.98 Å². The molecule has 36 heavy (non-hydrogen) atoms. The monoisotopic (exact) mass is 509 g/mol. The number of aromatic nitrogens is 2. The third-order valence-corrected chi connectivity index (χ3v) is 8.20. The number of nitrogens with one attached hydrogen (secondary N) is 1. The highest BCUT2D eigenvalue weighted by atomic mass is 35.5. The minimum absolute atomic E-state index is 0.108. The maximum Gasteiger partial charge on any atom is 0.243 e. The third kappa shape index (κ3) is 5.06. The molecule has 3 aromatic rings.